The number of ether oxygens (including phenoxy) is 2. The Labute approximate surface area is 233 Å². The van der Waals surface area contributed by atoms with Crippen molar-refractivity contribution in [1.82, 2.24) is 4.57 Å². The predicted octanol–water partition coefficient (Wildman–Crippen LogP) is 7.56. The zero-order chi connectivity index (χ0) is 28.6. The SMILES string of the molecule is CCCCCC/C(=N\O)C(=O)c1ccc2c(c1)c1cc(C(=O)c3ccc(OC(=O)OCC)cc3)ccc1n2CC. The van der Waals surface area contributed by atoms with Gasteiger partial charge in [-0.3, -0.25) is 9.59 Å². The van der Waals surface area contributed by atoms with Gasteiger partial charge in [-0.05, 0) is 87.4 Å². The van der Waals surface area contributed by atoms with Gasteiger partial charge in [0.1, 0.15) is 11.5 Å². The van der Waals surface area contributed by atoms with Crippen LogP contribution in [-0.2, 0) is 11.3 Å². The second-order valence-electron chi connectivity index (χ2n) is 9.53. The quantitative estimate of drug-likeness (QED) is 0.0376. The van der Waals surface area contributed by atoms with E-state index in [1.165, 1.54) is 0 Å². The third kappa shape index (κ3) is 6.06. The molecular weight excluding hydrogens is 508 g/mol. The molecule has 1 N–H and O–H groups in total. The lowest BCUT2D eigenvalue weighted by Crippen LogP contribution is -2.14. The molecule has 0 bridgehead atoms. The molecule has 0 fully saturated rings. The molecule has 0 atom stereocenters. The smallest absolute Gasteiger partial charge is 0.434 e. The van der Waals surface area contributed by atoms with E-state index in [0.717, 1.165) is 47.5 Å². The lowest BCUT2D eigenvalue weighted by Gasteiger charge is -2.06. The van der Waals surface area contributed by atoms with Gasteiger partial charge in [0.05, 0.1) is 6.61 Å². The van der Waals surface area contributed by atoms with E-state index in [1.54, 1.807) is 43.3 Å². The van der Waals surface area contributed by atoms with Crippen LogP contribution in [0.25, 0.3) is 21.8 Å². The molecule has 0 amide bonds. The van der Waals surface area contributed by atoms with E-state index in [0.29, 0.717) is 29.7 Å². The summed E-state index contributed by atoms with van der Waals surface area (Å²) in [6, 6.07) is 17.3. The van der Waals surface area contributed by atoms with Gasteiger partial charge in [0.2, 0.25) is 5.78 Å². The highest BCUT2D eigenvalue weighted by Gasteiger charge is 2.19. The summed E-state index contributed by atoms with van der Waals surface area (Å²) in [4.78, 5) is 38.1. The molecule has 4 rings (SSSR count). The summed E-state index contributed by atoms with van der Waals surface area (Å²) in [5.74, 6) is -0.198. The third-order valence-corrected chi connectivity index (χ3v) is 6.94. The summed E-state index contributed by atoms with van der Waals surface area (Å²) < 4.78 is 12.0. The van der Waals surface area contributed by atoms with Gasteiger partial charge < -0.3 is 19.2 Å². The van der Waals surface area contributed by atoms with E-state index in [-0.39, 0.29) is 29.6 Å². The summed E-state index contributed by atoms with van der Waals surface area (Å²) in [6.45, 7) is 6.77. The van der Waals surface area contributed by atoms with Crippen molar-refractivity contribution in [2.75, 3.05) is 6.61 Å². The Balaban J connectivity index is 1.66. The lowest BCUT2D eigenvalue weighted by molar-refractivity contribution is 0.103. The molecule has 0 saturated heterocycles. The Bertz CT molecular complexity index is 1570. The van der Waals surface area contributed by atoms with E-state index in [4.69, 9.17) is 9.47 Å². The van der Waals surface area contributed by atoms with Gasteiger partial charge in [-0.15, -0.1) is 0 Å². The van der Waals surface area contributed by atoms with E-state index < -0.39 is 6.16 Å². The largest absolute Gasteiger partial charge is 0.513 e. The standard InChI is InChI=1S/C32H34N2O6/c1-4-7-8-9-10-27(33-38)31(36)23-14-18-29-26(20-23)25-19-22(13-17-28(25)34(29)5-2)30(35)21-11-15-24(16-12-21)40-32(37)39-6-3/h11-20,38H,4-10H2,1-3H3/b33-27+. The highest BCUT2D eigenvalue weighted by Crippen LogP contribution is 2.32. The first-order valence-electron chi connectivity index (χ1n) is 13.7. The molecule has 4 aromatic rings. The molecular formula is C32H34N2O6. The predicted molar refractivity (Wildman–Crippen MR) is 155 cm³/mol. The van der Waals surface area contributed by atoms with Gasteiger partial charge in [0.25, 0.3) is 0 Å². The Hall–Kier alpha value is -4.46. The van der Waals surface area contributed by atoms with Crippen molar-refractivity contribution in [2.45, 2.75) is 59.4 Å². The Morgan fingerprint density at radius 3 is 2.02 bits per heavy atom. The number of oxime groups is 1. The zero-order valence-corrected chi connectivity index (χ0v) is 23.1. The van der Waals surface area contributed by atoms with Crippen molar-refractivity contribution in [3.63, 3.8) is 0 Å². The van der Waals surface area contributed by atoms with Crippen molar-refractivity contribution < 1.29 is 29.1 Å². The van der Waals surface area contributed by atoms with Crippen LogP contribution in [0.3, 0.4) is 0 Å². The molecule has 0 aliphatic carbocycles. The Morgan fingerprint density at radius 1 is 0.800 bits per heavy atom. The minimum atomic E-state index is -0.800. The first-order valence-corrected chi connectivity index (χ1v) is 13.7. The minimum absolute atomic E-state index is 0.154. The summed E-state index contributed by atoms with van der Waals surface area (Å²) in [5.41, 5.74) is 3.43. The maximum Gasteiger partial charge on any atom is 0.513 e. The Morgan fingerprint density at radius 2 is 1.43 bits per heavy atom. The molecule has 208 valence electrons. The normalized spacial score (nSPS) is 11.6. The fourth-order valence-corrected chi connectivity index (χ4v) is 4.91. The number of rotatable bonds is 12. The van der Waals surface area contributed by atoms with Crippen molar-refractivity contribution in [3.8, 4) is 5.75 Å². The van der Waals surface area contributed by atoms with Crippen LogP contribution in [0.15, 0.2) is 65.8 Å². The number of benzene rings is 3. The number of carbonyl (C=O) groups excluding carboxylic acids is 3. The van der Waals surface area contributed by atoms with Crippen molar-refractivity contribution in [2.24, 2.45) is 5.16 Å². The summed E-state index contributed by atoms with van der Waals surface area (Å²) >= 11 is 0. The molecule has 0 spiro atoms. The summed E-state index contributed by atoms with van der Waals surface area (Å²) in [5, 5.41) is 14.5. The number of carbonyl (C=O) groups is 3. The lowest BCUT2D eigenvalue weighted by atomic mass is 9.98. The first-order chi connectivity index (χ1) is 19.4. The number of aromatic nitrogens is 1. The van der Waals surface area contributed by atoms with Crippen LogP contribution in [0.4, 0.5) is 4.79 Å². The van der Waals surface area contributed by atoms with Gasteiger partial charge in [0.15, 0.2) is 5.78 Å². The molecule has 3 aromatic carbocycles. The molecule has 8 heteroatoms. The third-order valence-electron chi connectivity index (χ3n) is 6.94. The maximum atomic E-state index is 13.4. The van der Waals surface area contributed by atoms with Crippen LogP contribution >= 0.6 is 0 Å². The van der Waals surface area contributed by atoms with Crippen molar-refractivity contribution in [1.29, 1.82) is 0 Å². The van der Waals surface area contributed by atoms with Crippen LogP contribution in [0.1, 0.15) is 79.2 Å². The van der Waals surface area contributed by atoms with Gasteiger partial charge in [-0.25, -0.2) is 4.79 Å². The number of unbranched alkanes of at least 4 members (excludes halogenated alkanes) is 3. The summed E-state index contributed by atoms with van der Waals surface area (Å²) in [6.07, 6.45) is 3.54. The number of hydrogen-bond donors (Lipinski definition) is 1. The molecule has 1 aromatic heterocycles. The number of nitrogens with zero attached hydrogens (tertiary/aromatic N) is 2. The van der Waals surface area contributed by atoms with Crippen LogP contribution in [0.5, 0.6) is 5.75 Å². The molecule has 40 heavy (non-hydrogen) atoms. The maximum absolute atomic E-state index is 13.4. The van der Waals surface area contributed by atoms with E-state index >= 15 is 0 Å². The highest BCUT2D eigenvalue weighted by molar-refractivity contribution is 6.46. The number of fused-ring (bicyclic) bond motifs is 3. The van der Waals surface area contributed by atoms with Gasteiger partial charge in [0, 0.05) is 45.0 Å². The number of ketones is 2. The van der Waals surface area contributed by atoms with Crippen LogP contribution in [0.2, 0.25) is 0 Å². The first kappa shape index (κ1) is 28.5. The van der Waals surface area contributed by atoms with E-state index in [1.807, 2.05) is 31.2 Å². The molecule has 0 aliphatic rings. The van der Waals surface area contributed by atoms with E-state index in [2.05, 4.69) is 16.6 Å². The number of hydrogen-bond acceptors (Lipinski definition) is 7. The second-order valence-corrected chi connectivity index (χ2v) is 9.53. The fraction of sp³-hybridized carbons (Fsp3) is 0.312. The molecule has 0 saturated carbocycles. The van der Waals surface area contributed by atoms with Crippen LogP contribution in [0, 0.1) is 0 Å². The van der Waals surface area contributed by atoms with Gasteiger partial charge in [-0.1, -0.05) is 31.3 Å². The Kier molecular flexibility index (Phi) is 9.32. The summed E-state index contributed by atoms with van der Waals surface area (Å²) in [7, 11) is 0. The van der Waals surface area contributed by atoms with Gasteiger partial charge in [-0.2, -0.15) is 0 Å². The van der Waals surface area contributed by atoms with Crippen LogP contribution in [-0.4, -0.2) is 39.8 Å². The van der Waals surface area contributed by atoms with Crippen molar-refractivity contribution >= 4 is 45.2 Å². The minimum Gasteiger partial charge on any atom is -0.434 e. The van der Waals surface area contributed by atoms with Crippen molar-refractivity contribution in [3.05, 3.63) is 77.4 Å². The highest BCUT2D eigenvalue weighted by atomic mass is 16.7. The molecule has 0 unspecified atom stereocenters. The van der Waals surface area contributed by atoms with Crippen LogP contribution < -0.4 is 4.74 Å². The average Bonchev–Trinajstić information content (AvgIpc) is 3.29. The second kappa shape index (κ2) is 13.1. The number of aryl methyl sites for hydroxylation is 1. The molecule has 8 nitrogen and oxygen atoms in total. The molecule has 0 aliphatic heterocycles. The number of Topliss-reactive ketones (excluding diaryl/α,β-unsaturated/α-hetero) is 1. The monoisotopic (exact) mass is 542 g/mol. The fourth-order valence-electron chi connectivity index (χ4n) is 4.91. The topological polar surface area (TPSA) is 107 Å². The average molecular weight is 543 g/mol. The van der Waals surface area contributed by atoms with E-state index in [9.17, 15) is 19.6 Å². The zero-order valence-electron chi connectivity index (χ0n) is 23.1. The van der Waals surface area contributed by atoms with Gasteiger partial charge >= 0.3 is 6.16 Å². The molecule has 1 heterocycles. The molecule has 0 radical (unpaired) electrons.